The Morgan fingerprint density at radius 2 is 1.00 bits per heavy atom. The number of hydrogen-bond donors (Lipinski definition) is 0. The van der Waals surface area contributed by atoms with Crippen LogP contribution in [0.2, 0.25) is 0 Å². The third-order valence-electron chi connectivity index (χ3n) is 2.21. The zero-order chi connectivity index (χ0) is 17.1. The first kappa shape index (κ1) is 21.1. The van der Waals surface area contributed by atoms with Gasteiger partial charge in [0.25, 0.3) is 0 Å². The number of hydrogen-bond acceptors (Lipinski definition) is 4. The predicted molar refractivity (Wildman–Crippen MR) is 89.1 cm³/mol. The first-order chi connectivity index (χ1) is 9.08. The second-order valence-electron chi connectivity index (χ2n) is 8.48. The molecule has 0 aromatic carbocycles. The Labute approximate surface area is 133 Å². The maximum atomic E-state index is 6.22. The van der Waals surface area contributed by atoms with Gasteiger partial charge in [-0.15, -0.1) is 0 Å². The molecule has 0 amide bonds. The fourth-order valence-electron chi connectivity index (χ4n) is 1.59. The molecule has 0 saturated carbocycles. The Bertz CT molecular complexity index is 269. The third kappa shape index (κ3) is 10.4. The van der Waals surface area contributed by atoms with Crippen LogP contribution in [0.3, 0.4) is 0 Å². The number of rotatable bonds is 6. The van der Waals surface area contributed by atoms with Gasteiger partial charge >= 0.3 is 9.05 Å². The van der Waals surface area contributed by atoms with E-state index in [1.807, 2.05) is 69.2 Å². The molecule has 0 aliphatic carbocycles. The molecule has 0 radical (unpaired) electrons. The van der Waals surface area contributed by atoms with Crippen molar-refractivity contribution in [2.24, 2.45) is 0 Å². The summed E-state index contributed by atoms with van der Waals surface area (Å²) in [5.74, 6) is 0. The molecule has 0 saturated heterocycles. The third-order valence-corrected chi connectivity index (χ3v) is 5.49. The quantitative estimate of drug-likeness (QED) is 0.666. The van der Waals surface area contributed by atoms with E-state index in [1.165, 1.54) is 0 Å². The summed E-state index contributed by atoms with van der Waals surface area (Å²) in [5, 5.41) is 0. The van der Waals surface area contributed by atoms with Crippen molar-refractivity contribution >= 4 is 9.05 Å². The van der Waals surface area contributed by atoms with Gasteiger partial charge in [0, 0.05) is 6.10 Å². The van der Waals surface area contributed by atoms with Crippen molar-refractivity contribution in [3.8, 4) is 0 Å². The lowest BCUT2D eigenvalue weighted by Gasteiger charge is -2.42. The molecule has 0 aromatic heterocycles. The van der Waals surface area contributed by atoms with E-state index in [-0.39, 0.29) is 6.10 Å². The minimum atomic E-state index is -3.29. The van der Waals surface area contributed by atoms with Gasteiger partial charge in [0.15, 0.2) is 0 Å². The Hall–Kier alpha value is 0.0569. The summed E-state index contributed by atoms with van der Waals surface area (Å²) >= 11 is 0. The van der Waals surface area contributed by atoms with Crippen molar-refractivity contribution in [1.82, 2.24) is 0 Å². The molecule has 0 aliphatic heterocycles. The normalized spacial score (nSPS) is 16.1. The van der Waals surface area contributed by atoms with Crippen LogP contribution in [0.5, 0.6) is 0 Å². The second kappa shape index (κ2) is 7.09. The molecule has 4 nitrogen and oxygen atoms in total. The Morgan fingerprint density at radius 3 is 1.19 bits per heavy atom. The minimum absolute atomic E-state index is 0.0173. The standard InChI is InChI=1S/C16H36O4Si/c1-12-13(2)17-21(18-14(3,4)5,19-15(6,7)8)20-16(9,10)11/h13H,12H2,1-11H3. The highest BCUT2D eigenvalue weighted by Crippen LogP contribution is 2.30. The summed E-state index contributed by atoms with van der Waals surface area (Å²) in [5.41, 5.74) is -1.22. The maximum absolute atomic E-state index is 6.22. The molecular formula is C16H36O4Si. The lowest BCUT2D eigenvalue weighted by molar-refractivity contribution is -0.143. The van der Waals surface area contributed by atoms with E-state index in [0.717, 1.165) is 6.42 Å². The maximum Gasteiger partial charge on any atom is 0.681 e. The Morgan fingerprint density at radius 1 is 0.714 bits per heavy atom. The van der Waals surface area contributed by atoms with Crippen LogP contribution in [0.4, 0.5) is 0 Å². The van der Waals surface area contributed by atoms with Gasteiger partial charge in [-0.1, -0.05) is 6.92 Å². The largest absolute Gasteiger partial charge is 0.681 e. The van der Waals surface area contributed by atoms with E-state index in [2.05, 4.69) is 6.92 Å². The van der Waals surface area contributed by atoms with Crippen LogP contribution in [0, 0.1) is 0 Å². The lowest BCUT2D eigenvalue weighted by Crippen LogP contribution is -2.60. The molecule has 1 atom stereocenters. The van der Waals surface area contributed by atoms with Crippen LogP contribution in [0.15, 0.2) is 0 Å². The molecule has 0 rings (SSSR count). The fraction of sp³-hybridized carbons (Fsp3) is 1.00. The van der Waals surface area contributed by atoms with Gasteiger partial charge in [0.05, 0.1) is 16.8 Å². The molecular weight excluding hydrogens is 284 g/mol. The zero-order valence-corrected chi connectivity index (χ0v) is 16.9. The summed E-state index contributed by atoms with van der Waals surface area (Å²) in [6, 6.07) is 0. The predicted octanol–water partition coefficient (Wildman–Crippen LogP) is 4.68. The van der Waals surface area contributed by atoms with Crippen LogP contribution in [-0.4, -0.2) is 32.0 Å². The smallest absolute Gasteiger partial charge is 0.348 e. The van der Waals surface area contributed by atoms with Gasteiger partial charge in [-0.2, -0.15) is 0 Å². The van der Waals surface area contributed by atoms with E-state index in [4.69, 9.17) is 17.7 Å². The van der Waals surface area contributed by atoms with Gasteiger partial charge in [-0.25, -0.2) is 0 Å². The van der Waals surface area contributed by atoms with E-state index < -0.39 is 25.9 Å². The van der Waals surface area contributed by atoms with E-state index in [0.29, 0.717) is 0 Å². The van der Waals surface area contributed by atoms with E-state index >= 15 is 0 Å². The van der Waals surface area contributed by atoms with Crippen molar-refractivity contribution in [1.29, 1.82) is 0 Å². The van der Waals surface area contributed by atoms with Gasteiger partial charge < -0.3 is 17.7 Å². The van der Waals surface area contributed by atoms with Gasteiger partial charge in [-0.3, -0.25) is 0 Å². The van der Waals surface area contributed by atoms with Crippen LogP contribution in [0.25, 0.3) is 0 Å². The van der Waals surface area contributed by atoms with Crippen molar-refractivity contribution in [3.63, 3.8) is 0 Å². The molecule has 0 aliphatic rings. The summed E-state index contributed by atoms with van der Waals surface area (Å²) in [4.78, 5) is 0. The average Bonchev–Trinajstić information content (AvgIpc) is 2.07. The lowest BCUT2D eigenvalue weighted by atomic mass is 10.2. The molecule has 1 unspecified atom stereocenters. The van der Waals surface area contributed by atoms with Crippen LogP contribution in [0.1, 0.15) is 82.6 Å². The van der Waals surface area contributed by atoms with Crippen molar-refractivity contribution in [2.75, 3.05) is 0 Å². The molecule has 21 heavy (non-hydrogen) atoms. The van der Waals surface area contributed by atoms with Crippen LogP contribution < -0.4 is 0 Å². The van der Waals surface area contributed by atoms with Gasteiger partial charge in [-0.05, 0) is 75.7 Å². The van der Waals surface area contributed by atoms with Gasteiger partial charge in [0.1, 0.15) is 0 Å². The topological polar surface area (TPSA) is 36.9 Å². The average molecular weight is 321 g/mol. The highest BCUT2D eigenvalue weighted by atomic mass is 28.4. The molecule has 0 fully saturated rings. The van der Waals surface area contributed by atoms with Crippen molar-refractivity contribution < 1.29 is 17.7 Å². The van der Waals surface area contributed by atoms with E-state index in [1.54, 1.807) is 0 Å². The first-order valence-electron chi connectivity index (χ1n) is 7.86. The van der Waals surface area contributed by atoms with Crippen molar-refractivity contribution in [2.45, 2.75) is 105 Å². The summed E-state index contributed by atoms with van der Waals surface area (Å²) in [7, 11) is -3.29. The van der Waals surface area contributed by atoms with Crippen LogP contribution in [-0.2, 0) is 17.7 Å². The van der Waals surface area contributed by atoms with E-state index in [9.17, 15) is 0 Å². The first-order valence-corrected chi connectivity index (χ1v) is 9.49. The second-order valence-corrected chi connectivity index (χ2v) is 10.3. The highest BCUT2D eigenvalue weighted by molar-refractivity contribution is 6.54. The molecule has 0 aromatic rings. The molecule has 0 spiro atoms. The van der Waals surface area contributed by atoms with Crippen molar-refractivity contribution in [3.05, 3.63) is 0 Å². The summed E-state index contributed by atoms with van der Waals surface area (Å²) < 4.78 is 24.9. The zero-order valence-electron chi connectivity index (χ0n) is 15.9. The molecule has 0 N–H and O–H groups in total. The molecule has 0 heterocycles. The highest BCUT2D eigenvalue weighted by Gasteiger charge is 2.54. The monoisotopic (exact) mass is 320 g/mol. The fourth-order valence-corrected chi connectivity index (χ4v) is 4.77. The molecule has 128 valence electrons. The minimum Gasteiger partial charge on any atom is -0.348 e. The summed E-state index contributed by atoms with van der Waals surface area (Å²) in [6.07, 6.45) is 0.896. The Balaban J connectivity index is 5.57. The summed E-state index contributed by atoms with van der Waals surface area (Å²) in [6.45, 7) is 22.0. The molecule has 5 heteroatoms. The van der Waals surface area contributed by atoms with Gasteiger partial charge in [0.2, 0.25) is 0 Å². The SMILES string of the molecule is CCC(C)O[Si](OC(C)(C)C)(OC(C)(C)C)OC(C)(C)C. The Kier molecular flexibility index (Phi) is 7.11. The van der Waals surface area contributed by atoms with Crippen LogP contribution >= 0.6 is 0 Å². The molecule has 0 bridgehead atoms.